The molecular weight excluding hydrogens is 786 g/mol. The van der Waals surface area contributed by atoms with Crippen LogP contribution in [-0.2, 0) is 36.5 Å². The number of ether oxygens (including phenoxy) is 1. The third kappa shape index (κ3) is 5.27. The Morgan fingerprint density at radius 3 is 1.70 bits per heavy atom. The maximum absolute atomic E-state index is 13.4. The van der Waals surface area contributed by atoms with Crippen molar-refractivity contribution in [2.45, 2.75) is 107 Å². The van der Waals surface area contributed by atoms with Gasteiger partial charge in [0.25, 0.3) is 11.8 Å². The van der Waals surface area contributed by atoms with Gasteiger partial charge in [0, 0.05) is 78.9 Å². The minimum absolute atomic E-state index is 0.00970. The van der Waals surface area contributed by atoms with E-state index < -0.39 is 0 Å². The lowest BCUT2D eigenvalue weighted by molar-refractivity contribution is 0.0198. The van der Waals surface area contributed by atoms with Crippen molar-refractivity contribution in [1.82, 2.24) is 45.4 Å². The Kier molecular flexibility index (Phi) is 8.03. The van der Waals surface area contributed by atoms with E-state index in [-0.39, 0.29) is 39.8 Å². The van der Waals surface area contributed by atoms with E-state index in [9.17, 15) is 9.59 Å². The summed E-state index contributed by atoms with van der Waals surface area (Å²) in [7, 11) is 0. The van der Waals surface area contributed by atoms with Gasteiger partial charge in [-0.05, 0) is 119 Å². The summed E-state index contributed by atoms with van der Waals surface area (Å²) in [4.78, 5) is 52.4. The molecule has 4 spiro atoms. The van der Waals surface area contributed by atoms with Crippen molar-refractivity contribution in [3.63, 3.8) is 0 Å². The van der Waals surface area contributed by atoms with Crippen LogP contribution >= 0.6 is 11.6 Å². The number of likely N-dealkylation sites (N-methyl/N-ethyl adjacent to an activating group) is 2. The Labute approximate surface area is 360 Å². The molecule has 0 unspecified atom stereocenters. The topological polar surface area (TPSA) is 144 Å². The standard InChI is InChI=1S/C28H31N5O2.C20H21ClN4O/c1-4-33-14-27(15-33)25-23(26(34)32-28(27)9-10-28)19-7-5-17-12-29-21(11-20(17)24(19)31-25)18-6-8-22(30-13-18)35-16(2)3;1-2-25-9-19(10-25)17-15(18(26)24-20(19)5-6-20)12-4-3-11-8-22-14(21)7-13(11)16(12)23-17/h6,8,11-13,16,31H,4-5,7,9-10,14-15H2,1-3H3,(H,32,34);7-8,23H,2-6,9-10H2,1H3,(H,24,26). The number of fused-ring (bicyclic) bond motifs is 14. The molecule has 12 nitrogen and oxygen atoms in total. The molecule has 2 saturated carbocycles. The molecule has 61 heavy (non-hydrogen) atoms. The van der Waals surface area contributed by atoms with Crippen molar-refractivity contribution in [2.75, 3.05) is 39.3 Å². The van der Waals surface area contributed by atoms with Gasteiger partial charge in [-0.2, -0.15) is 0 Å². The number of amides is 2. The van der Waals surface area contributed by atoms with Gasteiger partial charge in [0.1, 0.15) is 5.15 Å². The second-order valence-corrected chi connectivity index (χ2v) is 19.6. The average Bonchev–Trinajstić information content (AvgIpc) is 4.09. The van der Waals surface area contributed by atoms with E-state index in [1.54, 1.807) is 0 Å². The van der Waals surface area contributed by atoms with Crippen molar-refractivity contribution >= 4 is 23.4 Å². The molecule has 9 heterocycles. The van der Waals surface area contributed by atoms with E-state index in [2.05, 4.69) is 60.3 Å². The van der Waals surface area contributed by atoms with E-state index >= 15 is 0 Å². The van der Waals surface area contributed by atoms with Gasteiger partial charge in [0.2, 0.25) is 5.88 Å². The maximum atomic E-state index is 13.4. The molecule has 4 N–H and O–H groups in total. The number of hydrogen-bond acceptors (Lipinski definition) is 8. The highest BCUT2D eigenvalue weighted by molar-refractivity contribution is 6.29. The van der Waals surface area contributed by atoms with Gasteiger partial charge in [0.05, 0.1) is 56.2 Å². The molecule has 0 atom stereocenters. The first-order chi connectivity index (χ1) is 29.5. The van der Waals surface area contributed by atoms with Crippen LogP contribution in [0.2, 0.25) is 5.15 Å². The number of pyridine rings is 3. The number of carbonyl (C=O) groups excluding carboxylic acids is 2. The number of nitrogens with zero attached hydrogens (tertiary/aromatic N) is 5. The van der Waals surface area contributed by atoms with Crippen molar-refractivity contribution in [1.29, 1.82) is 0 Å². The molecule has 0 radical (unpaired) electrons. The molecule has 13 rings (SSSR count). The van der Waals surface area contributed by atoms with E-state index in [1.807, 2.05) is 50.6 Å². The second-order valence-electron chi connectivity index (χ2n) is 19.2. The third-order valence-electron chi connectivity index (χ3n) is 15.7. The lowest BCUT2D eigenvalue weighted by Crippen LogP contribution is -2.72. The molecule has 5 aromatic rings. The van der Waals surface area contributed by atoms with Crippen molar-refractivity contribution in [2.24, 2.45) is 0 Å². The fourth-order valence-electron chi connectivity index (χ4n) is 12.1. The number of H-pyrrole nitrogens is 2. The van der Waals surface area contributed by atoms with Crippen molar-refractivity contribution < 1.29 is 14.3 Å². The van der Waals surface area contributed by atoms with Crippen LogP contribution in [0.4, 0.5) is 0 Å². The van der Waals surface area contributed by atoms with Gasteiger partial charge in [-0.25, -0.2) is 9.97 Å². The van der Waals surface area contributed by atoms with Gasteiger partial charge in [0.15, 0.2) is 0 Å². The summed E-state index contributed by atoms with van der Waals surface area (Å²) in [6.07, 6.45) is 13.7. The van der Waals surface area contributed by atoms with Crippen LogP contribution in [0.25, 0.3) is 33.8 Å². The van der Waals surface area contributed by atoms with E-state index in [4.69, 9.17) is 21.3 Å². The fraction of sp³-hybridized carbons (Fsp3) is 0.479. The van der Waals surface area contributed by atoms with Crippen LogP contribution in [0.3, 0.4) is 0 Å². The average molecular weight is 838 g/mol. The summed E-state index contributed by atoms with van der Waals surface area (Å²) in [5, 5.41) is 7.37. The molecule has 2 saturated heterocycles. The largest absolute Gasteiger partial charge is 0.475 e. The zero-order valence-electron chi connectivity index (χ0n) is 35.4. The lowest BCUT2D eigenvalue weighted by Gasteiger charge is -2.56. The highest BCUT2D eigenvalue weighted by Gasteiger charge is 2.70. The van der Waals surface area contributed by atoms with Gasteiger partial charge >= 0.3 is 0 Å². The number of nitrogens with one attached hydrogen (secondary N) is 4. The van der Waals surface area contributed by atoms with Gasteiger partial charge in [-0.3, -0.25) is 14.6 Å². The summed E-state index contributed by atoms with van der Waals surface area (Å²) in [5.74, 6) is 0.838. The van der Waals surface area contributed by atoms with Crippen LogP contribution < -0.4 is 15.4 Å². The number of halogens is 1. The second kappa shape index (κ2) is 13.0. The Hall–Kier alpha value is -5.04. The quantitative estimate of drug-likeness (QED) is 0.146. The molecule has 5 aromatic heterocycles. The Morgan fingerprint density at radius 1 is 0.705 bits per heavy atom. The van der Waals surface area contributed by atoms with Gasteiger partial charge in [-0.15, -0.1) is 0 Å². The molecule has 4 aliphatic carbocycles. The molecule has 314 valence electrons. The highest BCUT2D eigenvalue weighted by atomic mass is 35.5. The minimum Gasteiger partial charge on any atom is -0.475 e. The lowest BCUT2D eigenvalue weighted by atomic mass is 9.65. The number of likely N-dealkylation sites (tertiary alicyclic amines) is 2. The van der Waals surface area contributed by atoms with E-state index in [0.717, 1.165) is 141 Å². The maximum Gasteiger partial charge on any atom is 0.253 e. The summed E-state index contributed by atoms with van der Waals surface area (Å²) >= 11 is 6.18. The number of aryl methyl sites for hydroxylation is 2. The van der Waals surface area contributed by atoms with Crippen LogP contribution in [0.15, 0.2) is 42.9 Å². The van der Waals surface area contributed by atoms with Crippen LogP contribution in [0, 0.1) is 0 Å². The zero-order chi connectivity index (χ0) is 41.6. The van der Waals surface area contributed by atoms with E-state index in [0.29, 0.717) is 11.0 Å². The smallest absolute Gasteiger partial charge is 0.253 e. The molecule has 0 bridgehead atoms. The molecule has 0 aromatic carbocycles. The van der Waals surface area contributed by atoms with Crippen molar-refractivity contribution in [3.8, 4) is 39.7 Å². The number of aromatic amines is 2. The van der Waals surface area contributed by atoms with E-state index in [1.165, 1.54) is 28.1 Å². The first kappa shape index (κ1) is 37.7. The monoisotopic (exact) mass is 837 g/mol. The molecular formula is C48H52ClN9O3. The van der Waals surface area contributed by atoms with Gasteiger partial charge < -0.3 is 35.1 Å². The minimum atomic E-state index is -0.0616. The molecule has 2 amide bonds. The summed E-state index contributed by atoms with van der Waals surface area (Å²) < 4.78 is 5.69. The number of carbonyl (C=O) groups is 2. The molecule has 8 aliphatic rings. The zero-order valence-corrected chi connectivity index (χ0v) is 36.1. The summed E-state index contributed by atoms with van der Waals surface area (Å²) in [5.41, 5.74) is 15.2. The Bertz CT molecular complexity index is 2680. The predicted molar refractivity (Wildman–Crippen MR) is 233 cm³/mol. The first-order valence-corrected chi connectivity index (χ1v) is 22.8. The Morgan fingerprint density at radius 2 is 1.23 bits per heavy atom. The highest BCUT2D eigenvalue weighted by Crippen LogP contribution is 2.61. The number of rotatable bonds is 5. The first-order valence-electron chi connectivity index (χ1n) is 22.4. The van der Waals surface area contributed by atoms with Crippen molar-refractivity contribution in [3.05, 3.63) is 92.8 Å². The van der Waals surface area contributed by atoms with Crippen LogP contribution in [0.1, 0.15) is 108 Å². The third-order valence-corrected chi connectivity index (χ3v) is 15.9. The molecule has 13 heteroatoms. The summed E-state index contributed by atoms with van der Waals surface area (Å²) in [6.45, 7) is 14.6. The normalized spacial score (nSPS) is 22.1. The van der Waals surface area contributed by atoms with Crippen LogP contribution in [0.5, 0.6) is 5.88 Å². The SMILES string of the molecule is CCN1CC2(C1)c1[nH]c3c(c1C(=O)NC21CC1)CCc1cnc(-c2ccc(OC(C)C)nc2)cc1-3.CCN1CC2(C1)c1[nH]c3c(c1C(=O)NC21CC1)CCc1cnc(Cl)cc1-3. The summed E-state index contributed by atoms with van der Waals surface area (Å²) in [6, 6.07) is 8.00. The Balaban J connectivity index is 0.000000136. The predicted octanol–water partition coefficient (Wildman–Crippen LogP) is 6.55. The molecule has 4 fully saturated rings. The fourth-order valence-corrected chi connectivity index (χ4v) is 12.3. The number of hydrogen-bond donors (Lipinski definition) is 4. The van der Waals surface area contributed by atoms with Crippen LogP contribution in [-0.4, -0.2) is 103 Å². The van der Waals surface area contributed by atoms with Gasteiger partial charge in [-0.1, -0.05) is 25.4 Å². The molecule has 4 aliphatic heterocycles. The number of aromatic nitrogens is 5.